The fourth-order valence-electron chi connectivity index (χ4n) is 4.93. The Hall–Kier alpha value is -2.64. The number of nitrogens with two attached hydrogens (primary N) is 1. The number of carbonyl (C=O) groups excluding carboxylic acids is 1. The molecule has 1 aromatic carbocycles. The average Bonchev–Trinajstić information content (AvgIpc) is 3.40. The van der Waals surface area contributed by atoms with E-state index in [0.717, 1.165) is 67.1 Å². The SMILES string of the molecule is Cc1cn2nc(C3CCCCN3C(=O)c3cccc(C)c3Cl)cc2nc1N1CCC(N)C1. The number of fused-ring (bicyclic) bond motifs is 1. The summed E-state index contributed by atoms with van der Waals surface area (Å²) in [7, 11) is 0. The molecule has 32 heavy (non-hydrogen) atoms. The molecule has 5 rings (SSSR count). The van der Waals surface area contributed by atoms with Crippen LogP contribution < -0.4 is 10.6 Å². The summed E-state index contributed by atoms with van der Waals surface area (Å²) in [5.74, 6) is 0.941. The summed E-state index contributed by atoms with van der Waals surface area (Å²) >= 11 is 6.48. The molecule has 2 aliphatic heterocycles. The van der Waals surface area contributed by atoms with Crippen molar-refractivity contribution in [2.24, 2.45) is 5.73 Å². The van der Waals surface area contributed by atoms with Gasteiger partial charge < -0.3 is 15.5 Å². The Labute approximate surface area is 193 Å². The minimum atomic E-state index is -0.0847. The maximum atomic E-state index is 13.5. The smallest absolute Gasteiger partial charge is 0.255 e. The third-order valence-corrected chi connectivity index (χ3v) is 7.18. The van der Waals surface area contributed by atoms with Crippen molar-refractivity contribution in [3.8, 4) is 0 Å². The number of nitrogens with zero attached hydrogens (tertiary/aromatic N) is 5. The quantitative estimate of drug-likeness (QED) is 0.651. The molecule has 2 aromatic heterocycles. The predicted molar refractivity (Wildman–Crippen MR) is 126 cm³/mol. The molecule has 4 heterocycles. The number of amides is 1. The molecule has 1 amide bonds. The van der Waals surface area contributed by atoms with Crippen molar-refractivity contribution < 1.29 is 4.79 Å². The van der Waals surface area contributed by atoms with Gasteiger partial charge in [0.1, 0.15) is 5.82 Å². The maximum Gasteiger partial charge on any atom is 0.255 e. The molecule has 8 heteroatoms. The van der Waals surface area contributed by atoms with Gasteiger partial charge in [0.2, 0.25) is 0 Å². The van der Waals surface area contributed by atoms with Gasteiger partial charge in [0.05, 0.1) is 22.3 Å². The van der Waals surface area contributed by atoms with Gasteiger partial charge in [0.15, 0.2) is 5.65 Å². The minimum Gasteiger partial charge on any atom is -0.355 e. The van der Waals surface area contributed by atoms with Crippen LogP contribution in [-0.4, -0.2) is 51.1 Å². The molecule has 2 saturated heterocycles. The zero-order valence-electron chi connectivity index (χ0n) is 18.6. The van der Waals surface area contributed by atoms with E-state index >= 15 is 0 Å². The number of rotatable bonds is 3. The number of benzene rings is 1. The number of aryl methyl sites for hydroxylation is 2. The molecule has 0 spiro atoms. The number of hydrogen-bond donors (Lipinski definition) is 1. The van der Waals surface area contributed by atoms with E-state index < -0.39 is 0 Å². The number of hydrogen-bond acceptors (Lipinski definition) is 5. The number of likely N-dealkylation sites (tertiary alicyclic amines) is 1. The Balaban J connectivity index is 1.48. The molecule has 3 aromatic rings. The van der Waals surface area contributed by atoms with Crippen molar-refractivity contribution >= 4 is 29.0 Å². The second-order valence-corrected chi connectivity index (χ2v) is 9.44. The van der Waals surface area contributed by atoms with Crippen molar-refractivity contribution in [2.45, 2.75) is 51.6 Å². The lowest BCUT2D eigenvalue weighted by Crippen LogP contribution is -2.38. The van der Waals surface area contributed by atoms with E-state index in [9.17, 15) is 4.79 Å². The van der Waals surface area contributed by atoms with Crippen LogP contribution in [0.15, 0.2) is 30.5 Å². The molecule has 2 atom stereocenters. The first-order valence-corrected chi connectivity index (χ1v) is 11.7. The topological polar surface area (TPSA) is 79.8 Å². The Morgan fingerprint density at radius 3 is 2.78 bits per heavy atom. The second kappa shape index (κ2) is 8.37. The predicted octanol–water partition coefficient (Wildman–Crippen LogP) is 3.90. The van der Waals surface area contributed by atoms with Crippen molar-refractivity contribution in [3.05, 3.63) is 57.9 Å². The molecule has 2 fully saturated rings. The lowest BCUT2D eigenvalue weighted by molar-refractivity contribution is 0.0606. The highest BCUT2D eigenvalue weighted by molar-refractivity contribution is 6.34. The highest BCUT2D eigenvalue weighted by Crippen LogP contribution is 2.34. The van der Waals surface area contributed by atoms with Crippen molar-refractivity contribution in [1.29, 1.82) is 0 Å². The largest absolute Gasteiger partial charge is 0.355 e. The first kappa shape index (κ1) is 21.2. The van der Waals surface area contributed by atoms with Crippen molar-refractivity contribution in [2.75, 3.05) is 24.5 Å². The number of halogens is 1. The van der Waals surface area contributed by atoms with Crippen molar-refractivity contribution in [3.63, 3.8) is 0 Å². The third-order valence-electron chi connectivity index (χ3n) is 6.68. The summed E-state index contributed by atoms with van der Waals surface area (Å²) in [6.07, 6.45) is 5.93. The summed E-state index contributed by atoms with van der Waals surface area (Å²) < 4.78 is 1.83. The Bertz CT molecular complexity index is 1170. The van der Waals surface area contributed by atoms with E-state index in [1.807, 2.05) is 46.8 Å². The summed E-state index contributed by atoms with van der Waals surface area (Å²) in [6.45, 7) is 6.43. The molecule has 0 radical (unpaired) electrons. The van der Waals surface area contributed by atoms with Crippen LogP contribution in [0.5, 0.6) is 0 Å². The lowest BCUT2D eigenvalue weighted by Gasteiger charge is -2.35. The van der Waals surface area contributed by atoms with E-state index in [1.54, 1.807) is 0 Å². The molecular formula is C24H29ClN6O. The standard InChI is InChI=1S/C24H29ClN6O/c1-15-6-5-7-18(22(15)25)24(32)30-10-4-3-8-20(30)19-12-21-27-23(16(2)13-31(21)28-19)29-11-9-17(26)14-29/h5-7,12-13,17,20H,3-4,8-11,14,26H2,1-2H3. The number of anilines is 1. The molecule has 0 saturated carbocycles. The number of carbonyl (C=O) groups is 1. The van der Waals surface area contributed by atoms with Crippen LogP contribution in [0, 0.1) is 13.8 Å². The summed E-state index contributed by atoms with van der Waals surface area (Å²) in [5, 5.41) is 5.36. The van der Waals surface area contributed by atoms with Crippen LogP contribution in [-0.2, 0) is 0 Å². The first-order chi connectivity index (χ1) is 15.4. The highest BCUT2D eigenvalue weighted by atomic mass is 35.5. The fraction of sp³-hybridized carbons (Fsp3) is 0.458. The fourth-order valence-corrected chi connectivity index (χ4v) is 5.14. The van der Waals surface area contributed by atoms with Gasteiger partial charge in [-0.3, -0.25) is 4.79 Å². The minimum absolute atomic E-state index is 0.0312. The third kappa shape index (κ3) is 3.73. The molecule has 168 valence electrons. The molecular weight excluding hydrogens is 424 g/mol. The molecule has 2 aliphatic rings. The van der Waals surface area contributed by atoms with Gasteiger partial charge in [-0.05, 0) is 51.2 Å². The van der Waals surface area contributed by atoms with Gasteiger partial charge >= 0.3 is 0 Å². The first-order valence-electron chi connectivity index (χ1n) is 11.4. The van der Waals surface area contributed by atoms with Crippen LogP contribution in [0.1, 0.15) is 58.9 Å². The highest BCUT2D eigenvalue weighted by Gasteiger charge is 2.32. The summed E-state index contributed by atoms with van der Waals surface area (Å²) in [4.78, 5) is 22.5. The van der Waals surface area contributed by atoms with E-state index in [0.29, 0.717) is 17.1 Å². The van der Waals surface area contributed by atoms with Gasteiger partial charge in [0.25, 0.3) is 5.91 Å². The van der Waals surface area contributed by atoms with Gasteiger partial charge in [-0.25, -0.2) is 9.50 Å². The van der Waals surface area contributed by atoms with E-state index in [1.165, 1.54) is 0 Å². The Morgan fingerprint density at radius 2 is 2.00 bits per heavy atom. The monoisotopic (exact) mass is 452 g/mol. The van der Waals surface area contributed by atoms with Crippen LogP contribution in [0.2, 0.25) is 5.02 Å². The average molecular weight is 453 g/mol. The van der Waals surface area contributed by atoms with E-state index in [2.05, 4.69) is 11.8 Å². The zero-order valence-corrected chi connectivity index (χ0v) is 19.3. The zero-order chi connectivity index (χ0) is 22.4. The maximum absolute atomic E-state index is 13.5. The van der Waals surface area contributed by atoms with Gasteiger partial charge in [-0.1, -0.05) is 23.7 Å². The van der Waals surface area contributed by atoms with E-state index in [4.69, 9.17) is 27.4 Å². The number of piperidine rings is 1. The van der Waals surface area contributed by atoms with Crippen LogP contribution in [0.4, 0.5) is 5.82 Å². The molecule has 7 nitrogen and oxygen atoms in total. The van der Waals surface area contributed by atoms with Gasteiger partial charge in [0, 0.05) is 43.5 Å². The second-order valence-electron chi connectivity index (χ2n) is 9.06. The van der Waals surface area contributed by atoms with Crippen LogP contribution in [0.3, 0.4) is 0 Å². The summed E-state index contributed by atoms with van der Waals surface area (Å²) in [5.41, 5.74) is 10.3. The Morgan fingerprint density at radius 1 is 1.16 bits per heavy atom. The van der Waals surface area contributed by atoms with Crippen LogP contribution >= 0.6 is 11.6 Å². The molecule has 0 bridgehead atoms. The van der Waals surface area contributed by atoms with Crippen LogP contribution in [0.25, 0.3) is 5.65 Å². The Kier molecular flexibility index (Phi) is 5.55. The lowest BCUT2D eigenvalue weighted by atomic mass is 9.98. The molecule has 0 aliphatic carbocycles. The summed E-state index contributed by atoms with van der Waals surface area (Å²) in [6, 6.07) is 7.75. The molecule has 2 N–H and O–H groups in total. The normalized spacial score (nSPS) is 21.5. The van der Waals surface area contributed by atoms with E-state index in [-0.39, 0.29) is 18.0 Å². The van der Waals surface area contributed by atoms with Gasteiger partial charge in [-0.15, -0.1) is 0 Å². The number of aromatic nitrogens is 3. The van der Waals surface area contributed by atoms with Crippen molar-refractivity contribution in [1.82, 2.24) is 19.5 Å². The van der Waals surface area contributed by atoms with Gasteiger partial charge in [-0.2, -0.15) is 5.10 Å². The molecule has 2 unspecified atom stereocenters.